The first-order valence-corrected chi connectivity index (χ1v) is 15.5. The molecule has 1 aliphatic rings. The molecule has 0 spiro atoms. The van der Waals surface area contributed by atoms with E-state index in [2.05, 4.69) is 37.7 Å². The maximum absolute atomic E-state index is 6.24. The fourth-order valence-corrected chi connectivity index (χ4v) is 9.49. The third-order valence-corrected chi connectivity index (χ3v) is 12.6. The molecule has 0 aliphatic heterocycles. The van der Waals surface area contributed by atoms with Gasteiger partial charge in [0.1, 0.15) is 8.07 Å². The van der Waals surface area contributed by atoms with Crippen LogP contribution < -0.4 is 10.4 Å². The highest BCUT2D eigenvalue weighted by atomic mass is 35.5. The van der Waals surface area contributed by atoms with Gasteiger partial charge in [-0.05, 0) is 62.4 Å². The molecule has 1 atom stereocenters. The van der Waals surface area contributed by atoms with Crippen LogP contribution in [0.15, 0.2) is 48.5 Å². The summed E-state index contributed by atoms with van der Waals surface area (Å²) in [4.78, 5) is 0. The summed E-state index contributed by atoms with van der Waals surface area (Å²) in [5.74, 6) is 0.663. The summed E-state index contributed by atoms with van der Waals surface area (Å²) in [6.07, 6.45) is 7.69. The molecule has 1 unspecified atom stereocenters. The Labute approximate surface area is 205 Å². The monoisotopic (exact) mass is 492 g/mol. The van der Waals surface area contributed by atoms with Crippen molar-refractivity contribution in [1.82, 2.24) is 0 Å². The van der Waals surface area contributed by atoms with Gasteiger partial charge >= 0.3 is 0 Å². The molecule has 176 valence electrons. The molecular formula is C27H38Cl2O2Si. The minimum atomic E-state index is -2.02. The highest BCUT2D eigenvalue weighted by molar-refractivity contribution is 7.01. The fourth-order valence-electron chi connectivity index (χ4n) is 5.52. The summed E-state index contributed by atoms with van der Waals surface area (Å²) in [5.41, 5.74) is 0.0677. The van der Waals surface area contributed by atoms with Crippen molar-refractivity contribution in [3.63, 3.8) is 0 Å². The van der Waals surface area contributed by atoms with Crippen LogP contribution in [0, 0.1) is 11.3 Å². The SMILES string of the molecule is CCOCC(CC[Si](C)(c1ccc(Cl)cc1)c1ccc(Cl)cc1)(COC)C1CCCCC1. The van der Waals surface area contributed by atoms with Gasteiger partial charge in [-0.2, -0.15) is 0 Å². The van der Waals surface area contributed by atoms with Crippen LogP contribution in [0.25, 0.3) is 0 Å². The molecule has 3 rings (SSSR count). The lowest BCUT2D eigenvalue weighted by Gasteiger charge is -2.44. The van der Waals surface area contributed by atoms with E-state index in [9.17, 15) is 0 Å². The largest absolute Gasteiger partial charge is 0.384 e. The van der Waals surface area contributed by atoms with E-state index in [1.165, 1.54) is 42.5 Å². The molecule has 0 radical (unpaired) electrons. The predicted octanol–water partition coefficient (Wildman–Crippen LogP) is 6.83. The van der Waals surface area contributed by atoms with Gasteiger partial charge in [-0.15, -0.1) is 0 Å². The summed E-state index contributed by atoms with van der Waals surface area (Å²) in [6, 6.07) is 18.2. The van der Waals surface area contributed by atoms with Crippen molar-refractivity contribution in [2.24, 2.45) is 11.3 Å². The second-order valence-corrected chi connectivity index (χ2v) is 14.8. The molecule has 2 aromatic rings. The molecule has 0 N–H and O–H groups in total. The summed E-state index contributed by atoms with van der Waals surface area (Å²) in [7, 11) is -0.172. The van der Waals surface area contributed by atoms with Crippen LogP contribution in [-0.2, 0) is 9.47 Å². The first kappa shape index (κ1) is 25.8. The van der Waals surface area contributed by atoms with Crippen molar-refractivity contribution < 1.29 is 9.47 Å². The second-order valence-electron chi connectivity index (χ2n) is 9.61. The fraction of sp³-hybridized carbons (Fsp3) is 0.556. The predicted molar refractivity (Wildman–Crippen MR) is 141 cm³/mol. The Morgan fingerprint density at radius 2 is 1.41 bits per heavy atom. The molecule has 32 heavy (non-hydrogen) atoms. The van der Waals surface area contributed by atoms with Crippen molar-refractivity contribution in [2.75, 3.05) is 26.9 Å². The molecule has 1 aliphatic carbocycles. The van der Waals surface area contributed by atoms with Crippen LogP contribution in [0.5, 0.6) is 0 Å². The maximum Gasteiger partial charge on any atom is 0.115 e. The molecule has 2 aromatic carbocycles. The van der Waals surface area contributed by atoms with E-state index in [4.69, 9.17) is 32.7 Å². The van der Waals surface area contributed by atoms with Gasteiger partial charge in [0.05, 0.1) is 13.2 Å². The molecule has 2 nitrogen and oxygen atoms in total. The van der Waals surface area contributed by atoms with Crippen LogP contribution in [-0.4, -0.2) is 35.0 Å². The average Bonchev–Trinajstić information content (AvgIpc) is 2.82. The minimum absolute atomic E-state index is 0.0677. The Morgan fingerprint density at radius 1 is 0.875 bits per heavy atom. The van der Waals surface area contributed by atoms with E-state index < -0.39 is 8.07 Å². The zero-order chi connectivity index (χ0) is 23.0. The standard InChI is InChI=1S/C27H38Cl2O2Si/c1-4-31-21-27(20-30-2,22-8-6-5-7-9-22)18-19-32(3,25-14-10-23(28)11-15-25)26-16-12-24(29)13-17-26/h10-17,22H,4-9,18-21H2,1-3H3. The number of methoxy groups -OCH3 is 1. The number of rotatable bonds is 11. The van der Waals surface area contributed by atoms with Crippen LogP contribution in [0.1, 0.15) is 45.4 Å². The zero-order valence-corrected chi connectivity index (χ0v) is 22.4. The first-order chi connectivity index (χ1) is 15.4. The average molecular weight is 494 g/mol. The maximum atomic E-state index is 6.24. The number of benzene rings is 2. The second kappa shape index (κ2) is 12.0. The third-order valence-electron chi connectivity index (χ3n) is 7.58. The van der Waals surface area contributed by atoms with Gasteiger partial charge in [0.25, 0.3) is 0 Å². The molecule has 0 bridgehead atoms. The lowest BCUT2D eigenvalue weighted by atomic mass is 9.68. The highest BCUT2D eigenvalue weighted by Gasteiger charge is 2.42. The topological polar surface area (TPSA) is 18.5 Å². The van der Waals surface area contributed by atoms with Gasteiger partial charge in [0.15, 0.2) is 0 Å². The normalized spacial score (nSPS) is 17.3. The Kier molecular flexibility index (Phi) is 9.69. The van der Waals surface area contributed by atoms with Crippen LogP contribution in [0.3, 0.4) is 0 Å². The van der Waals surface area contributed by atoms with Gasteiger partial charge in [-0.25, -0.2) is 0 Å². The van der Waals surface area contributed by atoms with E-state index in [1.807, 2.05) is 31.4 Å². The Bertz CT molecular complexity index is 773. The molecule has 0 saturated heterocycles. The van der Waals surface area contributed by atoms with Gasteiger partial charge < -0.3 is 9.47 Å². The minimum Gasteiger partial charge on any atom is -0.384 e. The molecule has 0 heterocycles. The Hall–Kier alpha value is -0.843. The van der Waals surface area contributed by atoms with Crippen molar-refractivity contribution in [1.29, 1.82) is 0 Å². The molecule has 5 heteroatoms. The first-order valence-electron chi connectivity index (χ1n) is 12.0. The van der Waals surface area contributed by atoms with Crippen LogP contribution in [0.4, 0.5) is 0 Å². The van der Waals surface area contributed by atoms with Gasteiger partial charge in [0, 0.05) is 29.2 Å². The van der Waals surface area contributed by atoms with Crippen molar-refractivity contribution >= 4 is 41.6 Å². The third kappa shape index (κ3) is 6.18. The van der Waals surface area contributed by atoms with E-state index in [0.717, 1.165) is 42.3 Å². The lowest BCUT2D eigenvalue weighted by molar-refractivity contribution is -0.0535. The summed E-state index contributed by atoms with van der Waals surface area (Å²) >= 11 is 12.5. The molecule has 1 fully saturated rings. The molecule has 0 amide bonds. The molecular weight excluding hydrogens is 455 g/mol. The Balaban J connectivity index is 1.96. The van der Waals surface area contributed by atoms with Gasteiger partial charge in [0.2, 0.25) is 0 Å². The Morgan fingerprint density at radius 3 is 1.88 bits per heavy atom. The van der Waals surface area contributed by atoms with Crippen molar-refractivity contribution in [3.8, 4) is 0 Å². The zero-order valence-electron chi connectivity index (χ0n) is 19.8. The van der Waals surface area contributed by atoms with E-state index >= 15 is 0 Å². The highest BCUT2D eigenvalue weighted by Crippen LogP contribution is 2.44. The van der Waals surface area contributed by atoms with E-state index in [-0.39, 0.29) is 5.41 Å². The number of hydrogen-bond donors (Lipinski definition) is 0. The number of ether oxygens (including phenoxy) is 2. The number of hydrogen-bond acceptors (Lipinski definition) is 2. The van der Waals surface area contributed by atoms with Crippen LogP contribution >= 0.6 is 23.2 Å². The quantitative estimate of drug-likeness (QED) is 0.320. The smallest absolute Gasteiger partial charge is 0.115 e. The van der Waals surface area contributed by atoms with Crippen molar-refractivity contribution in [3.05, 3.63) is 58.6 Å². The van der Waals surface area contributed by atoms with Crippen LogP contribution in [0.2, 0.25) is 22.6 Å². The van der Waals surface area contributed by atoms with Crippen molar-refractivity contribution in [2.45, 2.75) is 58.0 Å². The molecule has 1 saturated carbocycles. The van der Waals surface area contributed by atoms with Gasteiger partial charge in [-0.1, -0.05) is 83.7 Å². The summed E-state index contributed by atoms with van der Waals surface area (Å²) in [5, 5.41) is 4.40. The summed E-state index contributed by atoms with van der Waals surface area (Å²) < 4.78 is 12.0. The van der Waals surface area contributed by atoms with Gasteiger partial charge in [-0.3, -0.25) is 0 Å². The van der Waals surface area contributed by atoms with E-state index in [1.54, 1.807) is 0 Å². The number of halogens is 2. The molecule has 0 aromatic heterocycles. The lowest BCUT2D eigenvalue weighted by Crippen LogP contribution is -2.56. The summed E-state index contributed by atoms with van der Waals surface area (Å²) in [6.45, 7) is 6.88. The van der Waals surface area contributed by atoms with E-state index in [0.29, 0.717) is 5.92 Å².